The highest BCUT2D eigenvalue weighted by Gasteiger charge is 2.63. The van der Waals surface area contributed by atoms with Crippen LogP contribution in [0.25, 0.3) is 0 Å². The number of thiol groups is 3. The highest BCUT2D eigenvalue weighted by Crippen LogP contribution is 2.44. The largest absolute Gasteiger partial charge is 0.480 e. The number of nitrogens with zero attached hydrogens (tertiary/aromatic N) is 2. The van der Waals surface area contributed by atoms with Crippen LogP contribution in [-0.4, -0.2) is 194 Å². The Bertz CT molecular complexity index is 2340. The highest BCUT2D eigenvalue weighted by molar-refractivity contribution is 7.80. The van der Waals surface area contributed by atoms with Gasteiger partial charge in [0.2, 0.25) is 47.6 Å². The zero-order chi connectivity index (χ0) is 56.7. The SMILES string of the molecule is NC(CCC(=O)NC(CS)C(=O)NCC(=O)Nc1ccn([C@@H]2O[C@H](COC(=O)CNC(=O)C(CS)NC(=O)CCC(N)C(=O)O)[C@@H](OC(=O)CNC(=O)C(CS)NC(=O)CCC(N)C(=O)O)C2(F)F)c(=O)n1)C(=O)O. The van der Waals surface area contributed by atoms with Gasteiger partial charge in [-0.1, -0.05) is 0 Å². The summed E-state index contributed by atoms with van der Waals surface area (Å²) >= 11 is 11.9. The van der Waals surface area contributed by atoms with Crippen LogP contribution in [0.5, 0.6) is 0 Å². The van der Waals surface area contributed by atoms with Gasteiger partial charge in [-0.05, 0) is 25.3 Å². The maximum absolute atomic E-state index is 16.3. The molecule has 16 N–H and O–H groups in total. The molecule has 2 heterocycles. The molecule has 418 valence electrons. The maximum atomic E-state index is 16.3. The van der Waals surface area contributed by atoms with Crippen molar-refractivity contribution in [3.8, 4) is 0 Å². The van der Waals surface area contributed by atoms with Gasteiger partial charge in [0.05, 0.1) is 6.54 Å². The first kappa shape index (κ1) is 64.4. The fourth-order valence-corrected chi connectivity index (χ4v) is 6.74. The van der Waals surface area contributed by atoms with Gasteiger partial charge in [-0.25, -0.2) is 4.79 Å². The molecule has 0 bridgehead atoms. The smallest absolute Gasteiger partial charge is 0.351 e. The monoisotopic (exact) mass is 1130 g/mol. The lowest BCUT2D eigenvalue weighted by Gasteiger charge is -2.24. The van der Waals surface area contributed by atoms with E-state index in [4.69, 9.17) is 46.7 Å². The summed E-state index contributed by atoms with van der Waals surface area (Å²) in [5.74, 6) is -19.3. The Hall–Kier alpha value is -6.73. The molecular formula is C39H56F2N12O19S3. The van der Waals surface area contributed by atoms with E-state index in [9.17, 15) is 62.3 Å². The van der Waals surface area contributed by atoms with Crippen molar-refractivity contribution >= 4 is 115 Å². The number of esters is 2. The van der Waals surface area contributed by atoms with Crippen molar-refractivity contribution in [3.63, 3.8) is 0 Å². The summed E-state index contributed by atoms with van der Waals surface area (Å²) < 4.78 is 48.3. The van der Waals surface area contributed by atoms with Crippen LogP contribution in [0.2, 0.25) is 0 Å². The Morgan fingerprint density at radius 2 is 1.07 bits per heavy atom. The number of alkyl halides is 2. The summed E-state index contributed by atoms with van der Waals surface area (Å²) in [4.78, 5) is 163. The number of nitrogens with one attached hydrogen (secondary N) is 7. The van der Waals surface area contributed by atoms with Crippen molar-refractivity contribution in [1.29, 1.82) is 0 Å². The molecule has 31 nitrogen and oxygen atoms in total. The Balaban J connectivity index is 2.23. The minimum atomic E-state index is -4.42. The molecule has 1 fully saturated rings. The van der Waals surface area contributed by atoms with Gasteiger partial charge in [0.25, 0.3) is 0 Å². The predicted octanol–water partition coefficient (Wildman–Crippen LogP) is -6.66. The van der Waals surface area contributed by atoms with Crippen LogP contribution >= 0.6 is 37.9 Å². The molecule has 2 rings (SSSR count). The molecule has 0 aromatic carbocycles. The second-order valence-electron chi connectivity index (χ2n) is 15.9. The molecule has 1 aromatic rings. The topological polar surface area (TPSA) is 490 Å². The zero-order valence-corrected chi connectivity index (χ0v) is 41.8. The molecule has 0 aliphatic carbocycles. The molecule has 1 aromatic heterocycles. The molecule has 6 unspecified atom stereocenters. The van der Waals surface area contributed by atoms with Crippen LogP contribution in [0.15, 0.2) is 17.1 Å². The molecule has 1 saturated heterocycles. The predicted molar refractivity (Wildman–Crippen MR) is 258 cm³/mol. The third-order valence-electron chi connectivity index (χ3n) is 10.1. The zero-order valence-electron chi connectivity index (χ0n) is 39.1. The maximum Gasteiger partial charge on any atom is 0.351 e. The van der Waals surface area contributed by atoms with Gasteiger partial charge < -0.3 is 83.9 Å². The summed E-state index contributed by atoms with van der Waals surface area (Å²) in [5.41, 5.74) is 14.6. The van der Waals surface area contributed by atoms with Crippen LogP contribution < -0.4 is 60.1 Å². The summed E-state index contributed by atoms with van der Waals surface area (Å²) in [6, 6.07) is -7.37. The van der Waals surface area contributed by atoms with E-state index >= 15 is 8.78 Å². The third-order valence-corrected chi connectivity index (χ3v) is 11.2. The number of hydrogen-bond acceptors (Lipinski definition) is 23. The van der Waals surface area contributed by atoms with E-state index in [1.54, 1.807) is 0 Å². The summed E-state index contributed by atoms with van der Waals surface area (Å²) in [6.07, 6.45) is -8.92. The van der Waals surface area contributed by atoms with E-state index in [-0.39, 0.29) is 47.5 Å². The van der Waals surface area contributed by atoms with Crippen molar-refractivity contribution in [2.75, 3.05) is 48.8 Å². The quantitative estimate of drug-likeness (QED) is 0.0236. The molecule has 1 aliphatic rings. The van der Waals surface area contributed by atoms with Crippen LogP contribution in [0, 0.1) is 0 Å². The lowest BCUT2D eigenvalue weighted by molar-refractivity contribution is -0.176. The van der Waals surface area contributed by atoms with Gasteiger partial charge in [-0.3, -0.25) is 62.1 Å². The number of ether oxygens (including phenoxy) is 3. The van der Waals surface area contributed by atoms with Crippen LogP contribution in [0.4, 0.5) is 14.6 Å². The summed E-state index contributed by atoms with van der Waals surface area (Å²) in [6.45, 7) is -4.06. The number of halogens is 2. The number of rotatable bonds is 32. The molecule has 36 heteroatoms. The Kier molecular flexibility index (Phi) is 26.8. The molecule has 9 atom stereocenters. The minimum absolute atomic E-state index is 0.204. The number of amides is 7. The Labute approximate surface area is 438 Å². The fourth-order valence-electron chi connectivity index (χ4n) is 5.97. The number of nitrogens with two attached hydrogens (primary N) is 3. The van der Waals surface area contributed by atoms with Crippen molar-refractivity contribution in [1.82, 2.24) is 41.5 Å². The van der Waals surface area contributed by atoms with E-state index in [0.29, 0.717) is 6.20 Å². The van der Waals surface area contributed by atoms with E-state index in [1.807, 2.05) is 5.32 Å². The van der Waals surface area contributed by atoms with Crippen molar-refractivity contribution in [2.24, 2.45) is 17.2 Å². The van der Waals surface area contributed by atoms with Crippen molar-refractivity contribution < 1.29 is 95.8 Å². The second kappa shape index (κ2) is 31.2. The van der Waals surface area contributed by atoms with E-state index in [1.165, 1.54) is 0 Å². The van der Waals surface area contributed by atoms with Crippen molar-refractivity contribution in [2.45, 2.75) is 99.1 Å². The normalized spacial score (nSPS) is 17.9. The number of aromatic nitrogens is 2. The standard InChI is InChI=1S/C39H56F2N12O19S3/c40-39(41)30(72-29(59)11-47-33(62)21(15-75)50-26(56)6-3-18(44)36(67)68)22(12-70-28(58)10-46-32(61)20(14-74)49-25(55)5-2-17(43)35(65)66)71-37(39)53-8-7-23(52-38(53)69)51-27(57)9-45-31(60)19(13-73)48-24(54)4-1-16(42)34(63)64/h7-8,16-22,30,37,73-75H,1-6,9-15,42-44H2,(H,45,60)(H,46,61)(H,47,62)(H,48,54)(H,49,55)(H,50,56)(H,63,64)(H,65,66)(H,67,68)(H,51,52,57,69)/t16?,17?,18?,19?,20?,21?,22-,30-,37-/m1/s1. The Morgan fingerprint density at radius 1 is 0.667 bits per heavy atom. The number of carbonyl (C=O) groups excluding carboxylic acids is 9. The summed E-state index contributed by atoms with van der Waals surface area (Å²) in [7, 11) is 0. The molecular weight excluding hydrogens is 1070 g/mol. The molecule has 1 aliphatic heterocycles. The first-order valence-corrected chi connectivity index (χ1v) is 23.8. The number of carboxylic acids is 3. The molecule has 0 spiro atoms. The molecule has 7 amide bonds. The van der Waals surface area contributed by atoms with E-state index in [0.717, 1.165) is 6.07 Å². The molecule has 75 heavy (non-hydrogen) atoms. The number of hydrogen-bond donors (Lipinski definition) is 16. The van der Waals surface area contributed by atoms with Gasteiger partial charge >= 0.3 is 41.5 Å². The Morgan fingerprint density at radius 3 is 1.45 bits per heavy atom. The lowest BCUT2D eigenvalue weighted by atomic mass is 10.1. The van der Waals surface area contributed by atoms with Crippen molar-refractivity contribution in [3.05, 3.63) is 22.7 Å². The van der Waals surface area contributed by atoms with Gasteiger partial charge in [0, 0.05) is 42.7 Å². The molecule has 0 radical (unpaired) electrons. The second-order valence-corrected chi connectivity index (χ2v) is 17.0. The summed E-state index contributed by atoms with van der Waals surface area (Å²) in [5, 5.41) is 41.9. The number of carboxylic acid groups (broad SMARTS) is 3. The fraction of sp³-hybridized carbons (Fsp3) is 0.590. The molecule has 0 saturated carbocycles. The number of aliphatic carboxylic acids is 3. The number of anilines is 1. The van der Waals surface area contributed by atoms with Gasteiger partial charge in [-0.2, -0.15) is 51.7 Å². The van der Waals surface area contributed by atoms with Crippen LogP contribution in [0.3, 0.4) is 0 Å². The van der Waals surface area contributed by atoms with Crippen LogP contribution in [0.1, 0.15) is 44.8 Å². The van der Waals surface area contributed by atoms with Crippen LogP contribution in [-0.2, 0) is 71.7 Å². The average molecular weight is 1130 g/mol. The first-order valence-electron chi connectivity index (χ1n) is 21.9. The van der Waals surface area contributed by atoms with Gasteiger partial charge in [0.15, 0.2) is 6.10 Å². The first-order chi connectivity index (χ1) is 35.1. The average Bonchev–Trinajstić information content (AvgIpc) is 3.60. The van der Waals surface area contributed by atoms with Gasteiger partial charge in [0.1, 0.15) is 67.9 Å². The lowest BCUT2D eigenvalue weighted by Crippen LogP contribution is -2.50. The number of carbonyl (C=O) groups is 12. The third kappa shape index (κ3) is 21.6. The minimum Gasteiger partial charge on any atom is -0.480 e. The van der Waals surface area contributed by atoms with Gasteiger partial charge in [-0.15, -0.1) is 0 Å². The highest BCUT2D eigenvalue weighted by atomic mass is 32.1. The van der Waals surface area contributed by atoms with E-state index in [2.05, 4.69) is 74.8 Å². The van der Waals surface area contributed by atoms with E-state index < -0.39 is 182 Å².